The number of hydrogen-bond acceptors (Lipinski definition) is 3. The van der Waals surface area contributed by atoms with E-state index in [4.69, 9.17) is 0 Å². The van der Waals surface area contributed by atoms with Crippen LogP contribution < -0.4 is 10.0 Å². The molecule has 0 saturated carbocycles. The highest BCUT2D eigenvalue weighted by atomic mass is 32.2. The Bertz CT molecular complexity index is 834. The zero-order valence-corrected chi connectivity index (χ0v) is 14.9. The Morgan fingerprint density at radius 2 is 1.80 bits per heavy atom. The lowest BCUT2D eigenvalue weighted by atomic mass is 10.2. The smallest absolute Gasteiger partial charge is 0.251 e. The van der Waals surface area contributed by atoms with Crippen molar-refractivity contribution < 1.29 is 17.6 Å². The number of nitrogens with one attached hydrogen (secondary N) is 2. The van der Waals surface area contributed by atoms with Crippen molar-refractivity contribution in [2.45, 2.75) is 25.3 Å². The van der Waals surface area contributed by atoms with E-state index in [1.807, 2.05) is 13.8 Å². The minimum atomic E-state index is -3.78. The summed E-state index contributed by atoms with van der Waals surface area (Å²) in [5.74, 6) is -0.399. The van der Waals surface area contributed by atoms with Gasteiger partial charge in [-0.3, -0.25) is 4.79 Å². The first-order chi connectivity index (χ1) is 11.8. The van der Waals surface area contributed by atoms with Crippen molar-refractivity contribution in [3.63, 3.8) is 0 Å². The zero-order chi connectivity index (χ0) is 18.4. The first kappa shape index (κ1) is 19.1. The number of carbonyl (C=O) groups is 1. The monoisotopic (exact) mass is 364 g/mol. The van der Waals surface area contributed by atoms with Crippen LogP contribution in [0.2, 0.25) is 0 Å². The lowest BCUT2D eigenvalue weighted by molar-refractivity contribution is 0.0949. The molecule has 0 aromatic heterocycles. The summed E-state index contributed by atoms with van der Waals surface area (Å²) < 4.78 is 40.1. The maximum Gasteiger partial charge on any atom is 0.251 e. The molecule has 0 aliphatic carbocycles. The van der Waals surface area contributed by atoms with Crippen molar-refractivity contribution in [3.8, 4) is 0 Å². The van der Waals surface area contributed by atoms with E-state index in [-0.39, 0.29) is 28.7 Å². The molecule has 2 rings (SSSR count). The predicted molar refractivity (Wildman–Crippen MR) is 94.0 cm³/mol. The summed E-state index contributed by atoms with van der Waals surface area (Å²) in [5, 5.41) is 2.75. The average Bonchev–Trinajstić information content (AvgIpc) is 2.59. The van der Waals surface area contributed by atoms with Gasteiger partial charge in [-0.25, -0.2) is 17.5 Å². The number of halogens is 1. The Labute approximate surface area is 147 Å². The van der Waals surface area contributed by atoms with Crippen LogP contribution in [-0.2, 0) is 16.6 Å². The highest BCUT2D eigenvalue weighted by Gasteiger charge is 2.16. The van der Waals surface area contributed by atoms with Gasteiger partial charge in [0.15, 0.2) is 0 Å². The van der Waals surface area contributed by atoms with Crippen molar-refractivity contribution in [1.82, 2.24) is 10.0 Å². The number of benzene rings is 2. The Morgan fingerprint density at radius 1 is 1.12 bits per heavy atom. The van der Waals surface area contributed by atoms with E-state index >= 15 is 0 Å². The lowest BCUT2D eigenvalue weighted by Crippen LogP contribution is -2.28. The van der Waals surface area contributed by atoms with Gasteiger partial charge in [0.05, 0.1) is 4.90 Å². The first-order valence-electron chi connectivity index (χ1n) is 7.90. The van der Waals surface area contributed by atoms with Crippen LogP contribution in [0.3, 0.4) is 0 Å². The van der Waals surface area contributed by atoms with Gasteiger partial charge in [-0.2, -0.15) is 0 Å². The van der Waals surface area contributed by atoms with Gasteiger partial charge < -0.3 is 5.32 Å². The zero-order valence-electron chi connectivity index (χ0n) is 14.1. The van der Waals surface area contributed by atoms with Crippen LogP contribution in [0.15, 0.2) is 53.4 Å². The van der Waals surface area contributed by atoms with Gasteiger partial charge in [-0.05, 0) is 41.8 Å². The van der Waals surface area contributed by atoms with E-state index in [9.17, 15) is 17.6 Å². The molecule has 0 radical (unpaired) electrons. The topological polar surface area (TPSA) is 75.3 Å². The fourth-order valence-corrected chi connectivity index (χ4v) is 3.13. The highest BCUT2D eigenvalue weighted by molar-refractivity contribution is 7.89. The SMILES string of the molecule is CC(C)CNC(=O)c1cccc(S(=O)(=O)NCc2ccc(F)cc2)c1. The summed E-state index contributed by atoms with van der Waals surface area (Å²) in [6.07, 6.45) is 0. The number of sulfonamides is 1. The number of rotatable bonds is 7. The van der Waals surface area contributed by atoms with E-state index in [2.05, 4.69) is 10.0 Å². The van der Waals surface area contributed by atoms with Crippen molar-refractivity contribution in [3.05, 3.63) is 65.5 Å². The van der Waals surface area contributed by atoms with Crippen LogP contribution in [-0.4, -0.2) is 20.9 Å². The molecule has 0 heterocycles. The van der Waals surface area contributed by atoms with Crippen LogP contribution in [0.4, 0.5) is 4.39 Å². The summed E-state index contributed by atoms with van der Waals surface area (Å²) in [5.41, 5.74) is 0.918. The second kappa shape index (κ2) is 8.22. The fourth-order valence-electron chi connectivity index (χ4n) is 2.07. The molecule has 0 aliphatic rings. The van der Waals surface area contributed by atoms with Gasteiger partial charge in [-0.15, -0.1) is 0 Å². The summed E-state index contributed by atoms with van der Waals surface area (Å²) in [7, 11) is -3.78. The fraction of sp³-hybridized carbons (Fsp3) is 0.278. The number of carbonyl (C=O) groups excluding carboxylic acids is 1. The highest BCUT2D eigenvalue weighted by Crippen LogP contribution is 2.13. The second-order valence-corrected chi connectivity index (χ2v) is 7.85. The Balaban J connectivity index is 2.09. The standard InChI is InChI=1S/C18H21FN2O3S/c1-13(2)11-20-18(22)15-4-3-5-17(10-15)25(23,24)21-12-14-6-8-16(19)9-7-14/h3-10,13,21H,11-12H2,1-2H3,(H,20,22). The molecule has 2 aromatic carbocycles. The first-order valence-corrected chi connectivity index (χ1v) is 9.38. The molecule has 0 unspecified atom stereocenters. The number of hydrogen-bond donors (Lipinski definition) is 2. The predicted octanol–water partition coefficient (Wildman–Crippen LogP) is 2.69. The molecule has 0 fully saturated rings. The molecule has 0 aliphatic heterocycles. The molecule has 1 amide bonds. The van der Waals surface area contributed by atoms with Crippen molar-refractivity contribution >= 4 is 15.9 Å². The van der Waals surface area contributed by atoms with E-state index in [0.717, 1.165) is 0 Å². The molecule has 0 spiro atoms. The van der Waals surface area contributed by atoms with Gasteiger partial charge in [0.25, 0.3) is 5.91 Å². The maximum absolute atomic E-state index is 12.9. The van der Waals surface area contributed by atoms with Crippen LogP contribution >= 0.6 is 0 Å². The molecule has 7 heteroatoms. The van der Waals surface area contributed by atoms with E-state index < -0.39 is 10.0 Å². The minimum Gasteiger partial charge on any atom is -0.352 e. The van der Waals surface area contributed by atoms with E-state index in [0.29, 0.717) is 18.0 Å². The molecular weight excluding hydrogens is 343 g/mol. The molecule has 0 saturated heterocycles. The van der Waals surface area contributed by atoms with Gasteiger partial charge in [0, 0.05) is 18.7 Å². The van der Waals surface area contributed by atoms with Crippen LogP contribution in [0.1, 0.15) is 29.8 Å². The molecule has 134 valence electrons. The number of amides is 1. The minimum absolute atomic E-state index is 0.00630. The Morgan fingerprint density at radius 3 is 2.44 bits per heavy atom. The summed E-state index contributed by atoms with van der Waals surface area (Å²) in [4.78, 5) is 12.1. The summed E-state index contributed by atoms with van der Waals surface area (Å²) >= 11 is 0. The van der Waals surface area contributed by atoms with Gasteiger partial charge in [-0.1, -0.05) is 32.0 Å². The lowest BCUT2D eigenvalue weighted by Gasteiger charge is -2.10. The average molecular weight is 364 g/mol. The molecule has 2 N–H and O–H groups in total. The van der Waals surface area contributed by atoms with Gasteiger partial charge >= 0.3 is 0 Å². The van der Waals surface area contributed by atoms with Crippen molar-refractivity contribution in [1.29, 1.82) is 0 Å². The third kappa shape index (κ3) is 5.65. The quantitative estimate of drug-likeness (QED) is 0.793. The Hall–Kier alpha value is -2.25. The third-order valence-corrected chi connectivity index (χ3v) is 4.86. The summed E-state index contributed by atoms with van der Waals surface area (Å²) in [6, 6.07) is 11.4. The molecule has 25 heavy (non-hydrogen) atoms. The molecule has 0 bridgehead atoms. The molecule has 2 aromatic rings. The Kier molecular flexibility index (Phi) is 6.27. The molecular formula is C18H21FN2O3S. The van der Waals surface area contributed by atoms with Crippen molar-refractivity contribution in [2.75, 3.05) is 6.54 Å². The van der Waals surface area contributed by atoms with E-state index in [1.54, 1.807) is 6.07 Å². The molecule has 0 atom stereocenters. The van der Waals surface area contributed by atoms with Crippen LogP contribution in [0.25, 0.3) is 0 Å². The van der Waals surface area contributed by atoms with Crippen molar-refractivity contribution in [2.24, 2.45) is 5.92 Å². The van der Waals surface area contributed by atoms with Gasteiger partial charge in [0.1, 0.15) is 5.82 Å². The van der Waals surface area contributed by atoms with Crippen LogP contribution in [0, 0.1) is 11.7 Å². The largest absolute Gasteiger partial charge is 0.352 e. The van der Waals surface area contributed by atoms with Gasteiger partial charge in [0.2, 0.25) is 10.0 Å². The summed E-state index contributed by atoms with van der Waals surface area (Å²) in [6.45, 7) is 4.49. The second-order valence-electron chi connectivity index (χ2n) is 6.08. The molecule has 5 nitrogen and oxygen atoms in total. The van der Waals surface area contributed by atoms with Crippen LogP contribution in [0.5, 0.6) is 0 Å². The maximum atomic E-state index is 12.9. The normalized spacial score (nSPS) is 11.5. The van der Waals surface area contributed by atoms with E-state index in [1.165, 1.54) is 42.5 Å². The third-order valence-electron chi connectivity index (χ3n) is 3.46.